The number of halogens is 1. The lowest BCUT2D eigenvalue weighted by Gasteiger charge is -2.28. The summed E-state index contributed by atoms with van der Waals surface area (Å²) in [7, 11) is 0. The summed E-state index contributed by atoms with van der Waals surface area (Å²) in [5.74, 6) is 0. The quantitative estimate of drug-likeness (QED) is 0.838. The van der Waals surface area contributed by atoms with Crippen LogP contribution in [-0.4, -0.2) is 11.0 Å². The second kappa shape index (κ2) is 4.49. The van der Waals surface area contributed by atoms with Crippen LogP contribution >= 0.6 is 28.1 Å². The van der Waals surface area contributed by atoms with Gasteiger partial charge in [0.05, 0.1) is 0 Å². The lowest BCUT2D eigenvalue weighted by molar-refractivity contribution is 0.445. The Labute approximate surface area is 103 Å². The van der Waals surface area contributed by atoms with Crippen molar-refractivity contribution >= 4 is 38.8 Å². The number of thiocarbonyl (C=S) groups is 1. The lowest BCUT2D eigenvalue weighted by atomic mass is 9.93. The molecule has 0 aliphatic heterocycles. The van der Waals surface area contributed by atoms with Gasteiger partial charge in [0.15, 0.2) is 0 Å². The summed E-state index contributed by atoms with van der Waals surface area (Å²) >= 11 is 8.44. The molecule has 1 aliphatic carbocycles. The molecule has 0 aromatic heterocycles. The molecule has 3 N–H and O–H groups in total. The first-order valence-corrected chi connectivity index (χ1v) is 6.23. The summed E-state index contributed by atoms with van der Waals surface area (Å²) in [6.45, 7) is 0. The Kier molecular flexibility index (Phi) is 3.26. The standard InChI is InChI=1S/C11H13BrN2S/c12-9-6-7(11(13)15)4-5-10(9)14-8-2-1-3-8/h4-6,8,14H,1-3H2,(H2,13,15). The highest BCUT2D eigenvalue weighted by atomic mass is 79.9. The third kappa shape index (κ3) is 2.49. The van der Waals surface area contributed by atoms with Gasteiger partial charge in [-0.2, -0.15) is 0 Å². The highest BCUT2D eigenvalue weighted by molar-refractivity contribution is 9.10. The fraction of sp³-hybridized carbons (Fsp3) is 0.364. The van der Waals surface area contributed by atoms with Crippen molar-refractivity contribution in [1.29, 1.82) is 0 Å². The zero-order valence-corrected chi connectivity index (χ0v) is 10.7. The molecular weight excluding hydrogens is 272 g/mol. The first-order chi connectivity index (χ1) is 7.16. The lowest BCUT2D eigenvalue weighted by Crippen LogP contribution is -2.27. The van der Waals surface area contributed by atoms with E-state index in [4.69, 9.17) is 18.0 Å². The van der Waals surface area contributed by atoms with Crippen LogP contribution in [0.15, 0.2) is 22.7 Å². The number of benzene rings is 1. The summed E-state index contributed by atoms with van der Waals surface area (Å²) in [5.41, 5.74) is 7.59. The molecule has 1 aromatic carbocycles. The van der Waals surface area contributed by atoms with Crippen LogP contribution in [0.4, 0.5) is 5.69 Å². The Morgan fingerprint density at radius 2 is 2.20 bits per heavy atom. The molecule has 1 saturated carbocycles. The van der Waals surface area contributed by atoms with E-state index in [1.165, 1.54) is 19.3 Å². The smallest absolute Gasteiger partial charge is 0.104 e. The molecule has 0 unspecified atom stereocenters. The molecule has 1 fully saturated rings. The molecule has 4 heteroatoms. The Bertz CT molecular complexity index is 388. The van der Waals surface area contributed by atoms with Crippen molar-refractivity contribution in [2.24, 2.45) is 5.73 Å². The Balaban J connectivity index is 2.14. The van der Waals surface area contributed by atoms with Gasteiger partial charge in [0.2, 0.25) is 0 Å². The van der Waals surface area contributed by atoms with Gasteiger partial charge in [0, 0.05) is 21.8 Å². The van der Waals surface area contributed by atoms with Gasteiger partial charge in [-0.05, 0) is 53.4 Å². The van der Waals surface area contributed by atoms with Crippen molar-refractivity contribution in [1.82, 2.24) is 0 Å². The molecule has 0 atom stereocenters. The van der Waals surface area contributed by atoms with Crippen LogP contribution in [0, 0.1) is 0 Å². The molecule has 0 spiro atoms. The highest BCUT2D eigenvalue weighted by Gasteiger charge is 2.17. The maximum Gasteiger partial charge on any atom is 0.104 e. The monoisotopic (exact) mass is 284 g/mol. The topological polar surface area (TPSA) is 38.0 Å². The number of nitrogens with one attached hydrogen (secondary N) is 1. The fourth-order valence-corrected chi connectivity index (χ4v) is 2.18. The van der Waals surface area contributed by atoms with Gasteiger partial charge in [0.25, 0.3) is 0 Å². The summed E-state index contributed by atoms with van der Waals surface area (Å²) < 4.78 is 1.03. The Hall–Kier alpha value is -0.610. The van der Waals surface area contributed by atoms with E-state index in [0.717, 1.165) is 15.7 Å². The highest BCUT2D eigenvalue weighted by Crippen LogP contribution is 2.28. The van der Waals surface area contributed by atoms with Gasteiger partial charge < -0.3 is 11.1 Å². The molecule has 0 radical (unpaired) electrons. The molecule has 1 aromatic rings. The number of rotatable bonds is 3. The number of hydrogen-bond acceptors (Lipinski definition) is 2. The van der Waals surface area contributed by atoms with E-state index < -0.39 is 0 Å². The van der Waals surface area contributed by atoms with Crippen LogP contribution in [0.5, 0.6) is 0 Å². The summed E-state index contributed by atoms with van der Waals surface area (Å²) in [5, 5.41) is 3.48. The predicted octanol–water partition coefficient (Wildman–Crippen LogP) is 3.05. The SMILES string of the molecule is NC(=S)c1ccc(NC2CCC2)c(Br)c1. The Morgan fingerprint density at radius 3 is 2.67 bits per heavy atom. The summed E-state index contributed by atoms with van der Waals surface area (Å²) in [6, 6.07) is 6.57. The molecular formula is C11H13BrN2S. The van der Waals surface area contributed by atoms with E-state index in [9.17, 15) is 0 Å². The minimum absolute atomic E-state index is 0.436. The van der Waals surface area contributed by atoms with Crippen LogP contribution in [-0.2, 0) is 0 Å². The van der Waals surface area contributed by atoms with Crippen molar-refractivity contribution in [3.63, 3.8) is 0 Å². The van der Waals surface area contributed by atoms with Gasteiger partial charge in [-0.3, -0.25) is 0 Å². The third-order valence-corrected chi connectivity index (χ3v) is 3.61. The number of hydrogen-bond donors (Lipinski definition) is 2. The van der Waals surface area contributed by atoms with Gasteiger partial charge >= 0.3 is 0 Å². The van der Waals surface area contributed by atoms with Crippen LogP contribution in [0.25, 0.3) is 0 Å². The van der Waals surface area contributed by atoms with Gasteiger partial charge in [0.1, 0.15) is 4.99 Å². The maximum absolute atomic E-state index is 5.56. The normalized spacial score (nSPS) is 15.8. The van der Waals surface area contributed by atoms with E-state index in [2.05, 4.69) is 21.2 Å². The molecule has 2 nitrogen and oxygen atoms in total. The van der Waals surface area contributed by atoms with Crippen molar-refractivity contribution in [2.45, 2.75) is 25.3 Å². The van der Waals surface area contributed by atoms with Crippen molar-refractivity contribution in [3.8, 4) is 0 Å². The van der Waals surface area contributed by atoms with Crippen LogP contribution in [0.2, 0.25) is 0 Å². The van der Waals surface area contributed by atoms with Crippen LogP contribution in [0.3, 0.4) is 0 Å². The molecule has 0 heterocycles. The van der Waals surface area contributed by atoms with Crippen LogP contribution in [0.1, 0.15) is 24.8 Å². The molecule has 0 amide bonds. The number of nitrogens with two attached hydrogens (primary N) is 1. The molecule has 1 aliphatic rings. The zero-order valence-electron chi connectivity index (χ0n) is 8.29. The fourth-order valence-electron chi connectivity index (χ4n) is 1.56. The minimum Gasteiger partial charge on any atom is -0.389 e. The molecule has 0 bridgehead atoms. The van der Waals surface area contributed by atoms with E-state index in [-0.39, 0.29) is 0 Å². The second-order valence-electron chi connectivity index (χ2n) is 3.83. The first kappa shape index (κ1) is 10.9. The van der Waals surface area contributed by atoms with Gasteiger partial charge in [-0.15, -0.1) is 0 Å². The average Bonchev–Trinajstić information content (AvgIpc) is 2.12. The second-order valence-corrected chi connectivity index (χ2v) is 5.13. The van der Waals surface area contributed by atoms with E-state index in [1.54, 1.807) is 0 Å². The predicted molar refractivity (Wildman–Crippen MR) is 71.3 cm³/mol. The van der Waals surface area contributed by atoms with Crippen molar-refractivity contribution in [2.75, 3.05) is 5.32 Å². The molecule has 0 saturated heterocycles. The third-order valence-electron chi connectivity index (χ3n) is 2.72. The van der Waals surface area contributed by atoms with Crippen molar-refractivity contribution < 1.29 is 0 Å². The summed E-state index contributed by atoms with van der Waals surface area (Å²) in [4.78, 5) is 0.436. The van der Waals surface area contributed by atoms with Crippen molar-refractivity contribution in [3.05, 3.63) is 28.2 Å². The van der Waals surface area contributed by atoms with E-state index in [1.807, 2.05) is 18.2 Å². The minimum atomic E-state index is 0.436. The Morgan fingerprint density at radius 1 is 1.47 bits per heavy atom. The molecule has 80 valence electrons. The van der Waals surface area contributed by atoms with Crippen LogP contribution < -0.4 is 11.1 Å². The maximum atomic E-state index is 5.56. The average molecular weight is 285 g/mol. The summed E-state index contributed by atoms with van der Waals surface area (Å²) in [6.07, 6.45) is 3.87. The number of anilines is 1. The largest absolute Gasteiger partial charge is 0.389 e. The van der Waals surface area contributed by atoms with E-state index >= 15 is 0 Å². The van der Waals surface area contributed by atoms with Gasteiger partial charge in [-0.1, -0.05) is 12.2 Å². The molecule has 15 heavy (non-hydrogen) atoms. The van der Waals surface area contributed by atoms with E-state index in [0.29, 0.717) is 11.0 Å². The molecule has 2 rings (SSSR count). The zero-order chi connectivity index (χ0) is 10.8. The van der Waals surface area contributed by atoms with Gasteiger partial charge in [-0.25, -0.2) is 0 Å². The first-order valence-electron chi connectivity index (χ1n) is 5.02.